The van der Waals surface area contributed by atoms with Gasteiger partial charge in [0.05, 0.1) is 4.92 Å². The first-order chi connectivity index (χ1) is 5.61. The predicted molar refractivity (Wildman–Crippen MR) is 42.6 cm³/mol. The highest BCUT2D eigenvalue weighted by atomic mass is 16.6. The van der Waals surface area contributed by atoms with Gasteiger partial charge in [-0.3, -0.25) is 10.1 Å². The van der Waals surface area contributed by atoms with Gasteiger partial charge in [0.2, 0.25) is 5.70 Å². The Morgan fingerprint density at radius 2 is 2.25 bits per heavy atom. The Kier molecular flexibility index (Phi) is 2.57. The van der Waals surface area contributed by atoms with Crippen molar-refractivity contribution in [3.63, 3.8) is 0 Å². The summed E-state index contributed by atoms with van der Waals surface area (Å²) >= 11 is 0. The fourth-order valence-corrected chi connectivity index (χ4v) is 1.04. The number of nitrogens with two attached hydrogens (primary N) is 1. The number of aliphatic hydroxyl groups excluding tert-OH is 1. The van der Waals surface area contributed by atoms with E-state index in [1.807, 2.05) is 0 Å². The van der Waals surface area contributed by atoms with Gasteiger partial charge in [0.15, 0.2) is 0 Å². The highest BCUT2D eigenvalue weighted by Gasteiger charge is 2.16. The molecule has 0 fully saturated rings. The molecule has 0 aromatic carbocycles. The summed E-state index contributed by atoms with van der Waals surface area (Å²) in [6.45, 7) is 0. The topological polar surface area (TPSA) is 89.4 Å². The molecule has 0 radical (unpaired) electrons. The summed E-state index contributed by atoms with van der Waals surface area (Å²) in [6, 6.07) is 0. The highest BCUT2D eigenvalue weighted by Crippen LogP contribution is 2.19. The van der Waals surface area contributed by atoms with Crippen molar-refractivity contribution in [2.45, 2.75) is 19.1 Å². The molecule has 0 aliphatic heterocycles. The van der Waals surface area contributed by atoms with Crippen molar-refractivity contribution in [2.75, 3.05) is 0 Å². The monoisotopic (exact) mass is 170 g/mol. The summed E-state index contributed by atoms with van der Waals surface area (Å²) in [4.78, 5) is 9.82. The lowest BCUT2D eigenvalue weighted by atomic mass is 10.0. The van der Waals surface area contributed by atoms with Crippen LogP contribution in [0.25, 0.3) is 0 Å². The lowest BCUT2D eigenvalue weighted by molar-refractivity contribution is -0.428. The van der Waals surface area contributed by atoms with Crippen molar-refractivity contribution in [2.24, 2.45) is 5.73 Å². The van der Waals surface area contributed by atoms with E-state index in [1.165, 1.54) is 12.2 Å². The van der Waals surface area contributed by atoms with E-state index in [9.17, 15) is 10.1 Å². The predicted octanol–water partition coefficient (Wildman–Crippen LogP) is 0.144. The first-order valence-electron chi connectivity index (χ1n) is 3.59. The average Bonchev–Trinajstić information content (AvgIpc) is 2.04. The molecule has 0 aromatic heterocycles. The molecule has 12 heavy (non-hydrogen) atoms. The van der Waals surface area contributed by atoms with Crippen LogP contribution in [0.15, 0.2) is 23.4 Å². The average molecular weight is 170 g/mol. The molecule has 0 amide bonds. The van der Waals surface area contributed by atoms with E-state index < -0.39 is 11.2 Å². The summed E-state index contributed by atoms with van der Waals surface area (Å²) in [5.74, 6) is 0. The number of aliphatic hydroxyl groups is 1. The molecule has 5 heteroatoms. The maximum absolute atomic E-state index is 10.2. The highest BCUT2D eigenvalue weighted by molar-refractivity contribution is 5.22. The molecular formula is C7H10N2O3. The molecule has 0 bridgehead atoms. The van der Waals surface area contributed by atoms with Gasteiger partial charge in [0, 0.05) is 12.5 Å². The summed E-state index contributed by atoms with van der Waals surface area (Å²) in [6.07, 6.45) is 2.70. The summed E-state index contributed by atoms with van der Waals surface area (Å²) in [5, 5.41) is 19.2. The van der Waals surface area contributed by atoms with Crippen LogP contribution < -0.4 is 5.73 Å². The minimum atomic E-state index is -0.991. The second-order valence-electron chi connectivity index (χ2n) is 2.60. The van der Waals surface area contributed by atoms with Gasteiger partial charge in [-0.1, -0.05) is 6.08 Å². The zero-order valence-electron chi connectivity index (χ0n) is 6.43. The van der Waals surface area contributed by atoms with Crippen LogP contribution in [0, 0.1) is 10.1 Å². The molecule has 0 spiro atoms. The van der Waals surface area contributed by atoms with Crippen molar-refractivity contribution in [1.29, 1.82) is 0 Å². The molecule has 3 N–H and O–H groups in total. The van der Waals surface area contributed by atoms with Crippen molar-refractivity contribution in [3.05, 3.63) is 33.5 Å². The van der Waals surface area contributed by atoms with E-state index in [0.29, 0.717) is 18.4 Å². The first-order valence-corrected chi connectivity index (χ1v) is 3.59. The second kappa shape index (κ2) is 3.46. The van der Waals surface area contributed by atoms with Gasteiger partial charge in [-0.15, -0.1) is 0 Å². The molecule has 1 aliphatic carbocycles. The molecule has 0 saturated heterocycles. The largest absolute Gasteiger partial charge is 0.375 e. The Hall–Kier alpha value is -1.20. The molecule has 1 rings (SSSR count). The Bertz CT molecular complexity index is 255. The van der Waals surface area contributed by atoms with Gasteiger partial charge >= 0.3 is 0 Å². The van der Waals surface area contributed by atoms with Gasteiger partial charge in [-0.2, -0.15) is 0 Å². The van der Waals surface area contributed by atoms with Crippen LogP contribution in [0.2, 0.25) is 0 Å². The zero-order valence-corrected chi connectivity index (χ0v) is 6.43. The Balaban J connectivity index is 2.73. The van der Waals surface area contributed by atoms with E-state index in [4.69, 9.17) is 10.8 Å². The maximum Gasteiger partial charge on any atom is 0.246 e. The standard InChI is InChI=1S/C7H10N2O3/c8-7(10)5-1-3-6(4-2-5)9(11)12/h1,3,7,10H,2,4,8H2. The smallest absolute Gasteiger partial charge is 0.246 e. The number of hydrogen-bond acceptors (Lipinski definition) is 4. The normalized spacial score (nSPS) is 19.5. The number of hydrogen-bond donors (Lipinski definition) is 2. The van der Waals surface area contributed by atoms with Crippen molar-refractivity contribution < 1.29 is 10.0 Å². The van der Waals surface area contributed by atoms with Crippen LogP contribution >= 0.6 is 0 Å². The molecular weight excluding hydrogens is 160 g/mol. The summed E-state index contributed by atoms with van der Waals surface area (Å²) < 4.78 is 0. The van der Waals surface area contributed by atoms with Crippen molar-refractivity contribution in [3.8, 4) is 0 Å². The fraction of sp³-hybridized carbons (Fsp3) is 0.429. The van der Waals surface area contributed by atoms with Crippen molar-refractivity contribution >= 4 is 0 Å². The molecule has 5 nitrogen and oxygen atoms in total. The van der Waals surface area contributed by atoms with E-state index in [-0.39, 0.29) is 5.70 Å². The molecule has 0 aromatic rings. The molecule has 1 unspecified atom stereocenters. The van der Waals surface area contributed by atoms with E-state index >= 15 is 0 Å². The lowest BCUT2D eigenvalue weighted by Crippen LogP contribution is -2.22. The van der Waals surface area contributed by atoms with Gasteiger partial charge in [-0.05, 0) is 12.0 Å². The quantitative estimate of drug-likeness (QED) is 0.350. The number of rotatable bonds is 2. The number of nitro groups is 1. The van der Waals surface area contributed by atoms with Crippen LogP contribution in [-0.2, 0) is 0 Å². The molecule has 1 atom stereocenters. The van der Waals surface area contributed by atoms with E-state index in [2.05, 4.69) is 0 Å². The van der Waals surface area contributed by atoms with Gasteiger partial charge in [-0.25, -0.2) is 0 Å². The van der Waals surface area contributed by atoms with Crippen LogP contribution in [0.1, 0.15) is 12.8 Å². The Morgan fingerprint density at radius 3 is 2.58 bits per heavy atom. The van der Waals surface area contributed by atoms with Crippen LogP contribution in [0.5, 0.6) is 0 Å². The first kappa shape index (κ1) is 8.89. The molecule has 66 valence electrons. The van der Waals surface area contributed by atoms with E-state index in [1.54, 1.807) is 0 Å². The third-order valence-corrected chi connectivity index (χ3v) is 1.77. The SMILES string of the molecule is NC(O)C1=CC=C([N+](=O)[O-])CC1. The third kappa shape index (κ3) is 1.90. The van der Waals surface area contributed by atoms with Crippen LogP contribution in [0.3, 0.4) is 0 Å². The molecule has 0 saturated carbocycles. The van der Waals surface area contributed by atoms with Crippen molar-refractivity contribution in [1.82, 2.24) is 0 Å². The molecule has 1 aliphatic rings. The Labute approximate surface area is 69.3 Å². The minimum Gasteiger partial charge on any atom is -0.375 e. The summed E-state index contributed by atoms with van der Waals surface area (Å²) in [7, 11) is 0. The van der Waals surface area contributed by atoms with Gasteiger partial charge in [0.1, 0.15) is 6.23 Å². The minimum absolute atomic E-state index is 0.166. The van der Waals surface area contributed by atoms with Crippen LogP contribution in [-0.4, -0.2) is 16.3 Å². The van der Waals surface area contributed by atoms with Gasteiger partial charge < -0.3 is 10.8 Å². The molecule has 0 heterocycles. The summed E-state index contributed by atoms with van der Waals surface area (Å²) in [5.41, 5.74) is 5.98. The third-order valence-electron chi connectivity index (χ3n) is 1.77. The van der Waals surface area contributed by atoms with E-state index in [0.717, 1.165) is 0 Å². The van der Waals surface area contributed by atoms with Gasteiger partial charge in [0.25, 0.3) is 0 Å². The lowest BCUT2D eigenvalue weighted by Gasteiger charge is -2.11. The Morgan fingerprint density at radius 1 is 1.58 bits per heavy atom. The second-order valence-corrected chi connectivity index (χ2v) is 2.60. The number of allylic oxidation sites excluding steroid dienone is 3. The van der Waals surface area contributed by atoms with Crippen LogP contribution in [0.4, 0.5) is 0 Å². The maximum atomic E-state index is 10.2. The fourth-order valence-electron chi connectivity index (χ4n) is 1.04. The zero-order chi connectivity index (χ0) is 9.14. The number of nitrogens with zero attached hydrogens (tertiary/aromatic N) is 1.